The van der Waals surface area contributed by atoms with Gasteiger partial charge in [-0.3, -0.25) is 9.59 Å². The Balaban J connectivity index is 2.05. The molecule has 2 heterocycles. The van der Waals surface area contributed by atoms with Crippen molar-refractivity contribution in [3.63, 3.8) is 0 Å². The maximum Gasteiger partial charge on any atom is 0.274 e. The summed E-state index contributed by atoms with van der Waals surface area (Å²) in [6, 6.07) is 8.33. The fourth-order valence-corrected chi connectivity index (χ4v) is 4.07. The number of aromatic nitrogens is 3. The predicted molar refractivity (Wildman–Crippen MR) is 114 cm³/mol. The first-order valence-electron chi connectivity index (χ1n) is 8.02. The third-order valence-electron chi connectivity index (χ3n) is 3.77. The molecule has 0 spiro atoms. The molecular formula is C18H14Br2ClN5O2. The van der Waals surface area contributed by atoms with Gasteiger partial charge in [0.1, 0.15) is 5.69 Å². The lowest BCUT2D eigenvalue weighted by atomic mass is 10.1. The highest BCUT2D eigenvalue weighted by molar-refractivity contribution is 9.11. The second kappa shape index (κ2) is 8.42. The van der Waals surface area contributed by atoms with Gasteiger partial charge in [-0.15, -0.1) is 0 Å². The van der Waals surface area contributed by atoms with Crippen molar-refractivity contribution in [1.29, 1.82) is 0 Å². The molecule has 0 saturated carbocycles. The number of nitrogens with one attached hydrogen (secondary N) is 2. The first-order chi connectivity index (χ1) is 13.3. The van der Waals surface area contributed by atoms with Gasteiger partial charge in [-0.1, -0.05) is 27.5 Å². The van der Waals surface area contributed by atoms with Crippen LogP contribution in [0.2, 0.25) is 5.02 Å². The molecular weight excluding hydrogens is 513 g/mol. The minimum Gasteiger partial charge on any atom is -0.355 e. The van der Waals surface area contributed by atoms with Crippen LogP contribution in [0.1, 0.15) is 26.5 Å². The Hall–Kier alpha value is -2.23. The largest absolute Gasteiger partial charge is 0.355 e. The molecule has 144 valence electrons. The summed E-state index contributed by atoms with van der Waals surface area (Å²) in [4.78, 5) is 29.5. The lowest BCUT2D eigenvalue weighted by Crippen LogP contribution is -2.23. The number of nitrogens with zero attached hydrogens (tertiary/aromatic N) is 3. The summed E-state index contributed by atoms with van der Waals surface area (Å²) in [5.41, 5.74) is 1.49. The van der Waals surface area contributed by atoms with E-state index in [1.807, 2.05) is 0 Å². The molecule has 2 aromatic heterocycles. The minimum absolute atomic E-state index is 0.232. The van der Waals surface area contributed by atoms with Gasteiger partial charge in [0.05, 0.1) is 22.0 Å². The highest BCUT2D eigenvalue weighted by Crippen LogP contribution is 2.31. The highest BCUT2D eigenvalue weighted by atomic mass is 79.9. The molecule has 2 N–H and O–H groups in total. The summed E-state index contributed by atoms with van der Waals surface area (Å²) in [6.07, 6.45) is 1.56. The number of anilines is 1. The number of hydrogen-bond donors (Lipinski definition) is 2. The van der Waals surface area contributed by atoms with E-state index in [1.165, 1.54) is 11.7 Å². The van der Waals surface area contributed by atoms with Crippen LogP contribution in [0.4, 0.5) is 5.69 Å². The standard InChI is InChI=1S/C18H14Br2ClN5O2/c1-9-6-14(26(25-9)16-13(21)4-3-5-23-16)18(28)24-15-11(17(27)22-2)7-10(19)8-12(15)20/h3-8H,1-2H3,(H,22,27)(H,24,28). The average molecular weight is 528 g/mol. The van der Waals surface area contributed by atoms with Crippen LogP contribution in [0, 0.1) is 6.92 Å². The smallest absolute Gasteiger partial charge is 0.274 e. The van der Waals surface area contributed by atoms with E-state index in [0.29, 0.717) is 36.7 Å². The Morgan fingerprint density at radius 1 is 1.18 bits per heavy atom. The zero-order chi connectivity index (χ0) is 20.4. The maximum absolute atomic E-state index is 13.0. The van der Waals surface area contributed by atoms with Crippen molar-refractivity contribution < 1.29 is 9.59 Å². The molecule has 0 bridgehead atoms. The highest BCUT2D eigenvalue weighted by Gasteiger charge is 2.22. The summed E-state index contributed by atoms with van der Waals surface area (Å²) >= 11 is 13.0. The number of pyridine rings is 1. The van der Waals surface area contributed by atoms with E-state index >= 15 is 0 Å². The number of rotatable bonds is 4. The van der Waals surface area contributed by atoms with E-state index in [9.17, 15) is 9.59 Å². The van der Waals surface area contributed by atoms with Crippen LogP contribution < -0.4 is 10.6 Å². The molecule has 3 rings (SSSR count). The molecule has 0 fully saturated rings. The van der Waals surface area contributed by atoms with Crippen molar-refractivity contribution in [1.82, 2.24) is 20.1 Å². The van der Waals surface area contributed by atoms with Gasteiger partial charge in [-0.25, -0.2) is 9.67 Å². The fraction of sp³-hybridized carbons (Fsp3) is 0.111. The normalized spacial score (nSPS) is 10.6. The van der Waals surface area contributed by atoms with Crippen molar-refractivity contribution in [3.8, 4) is 5.82 Å². The molecule has 2 amide bonds. The van der Waals surface area contributed by atoms with Crippen LogP contribution in [0.25, 0.3) is 5.82 Å². The summed E-state index contributed by atoms with van der Waals surface area (Å²) in [7, 11) is 1.52. The van der Waals surface area contributed by atoms with Gasteiger partial charge in [0, 0.05) is 22.2 Å². The molecule has 1 aromatic carbocycles. The monoisotopic (exact) mass is 525 g/mol. The second-order valence-electron chi connectivity index (χ2n) is 5.74. The summed E-state index contributed by atoms with van der Waals surface area (Å²) in [5.74, 6) is -0.464. The molecule has 0 atom stereocenters. The van der Waals surface area contributed by atoms with E-state index in [1.54, 1.807) is 43.5 Å². The van der Waals surface area contributed by atoms with Gasteiger partial charge in [0.25, 0.3) is 11.8 Å². The van der Waals surface area contributed by atoms with Crippen molar-refractivity contribution >= 4 is 61.0 Å². The molecule has 0 aliphatic heterocycles. The van der Waals surface area contributed by atoms with Gasteiger partial charge < -0.3 is 10.6 Å². The number of aryl methyl sites for hydroxylation is 1. The Morgan fingerprint density at radius 3 is 2.61 bits per heavy atom. The molecule has 0 aliphatic rings. The number of hydrogen-bond acceptors (Lipinski definition) is 4. The summed E-state index contributed by atoms with van der Waals surface area (Å²) in [6.45, 7) is 1.76. The van der Waals surface area contributed by atoms with Crippen molar-refractivity contribution in [3.05, 3.63) is 67.4 Å². The Bertz CT molecular complexity index is 1080. The van der Waals surface area contributed by atoms with Crippen LogP contribution in [0.15, 0.2) is 45.5 Å². The molecule has 3 aromatic rings. The van der Waals surface area contributed by atoms with Crippen molar-refractivity contribution in [2.45, 2.75) is 6.92 Å². The number of amides is 2. The predicted octanol–water partition coefficient (Wildman–Crippen LogP) is 4.37. The first-order valence-corrected chi connectivity index (χ1v) is 9.98. The van der Waals surface area contributed by atoms with E-state index in [0.717, 1.165) is 0 Å². The Kier molecular flexibility index (Phi) is 6.17. The average Bonchev–Trinajstić information content (AvgIpc) is 3.05. The van der Waals surface area contributed by atoms with Crippen molar-refractivity contribution in [2.75, 3.05) is 12.4 Å². The third-order valence-corrected chi connectivity index (χ3v) is 5.15. The van der Waals surface area contributed by atoms with E-state index in [-0.39, 0.29) is 11.6 Å². The van der Waals surface area contributed by atoms with Gasteiger partial charge in [0.2, 0.25) is 0 Å². The zero-order valence-corrected chi connectivity index (χ0v) is 18.7. The first kappa shape index (κ1) is 20.5. The number of halogens is 3. The van der Waals surface area contributed by atoms with Crippen LogP contribution in [-0.4, -0.2) is 33.6 Å². The molecule has 0 unspecified atom stereocenters. The van der Waals surface area contributed by atoms with Gasteiger partial charge in [0.15, 0.2) is 5.82 Å². The zero-order valence-electron chi connectivity index (χ0n) is 14.8. The van der Waals surface area contributed by atoms with Gasteiger partial charge >= 0.3 is 0 Å². The second-order valence-corrected chi connectivity index (χ2v) is 7.91. The lowest BCUT2D eigenvalue weighted by Gasteiger charge is -2.14. The number of carbonyl (C=O) groups is 2. The van der Waals surface area contributed by atoms with Crippen LogP contribution in [0.5, 0.6) is 0 Å². The van der Waals surface area contributed by atoms with Crippen LogP contribution in [0.3, 0.4) is 0 Å². The fourth-order valence-electron chi connectivity index (χ4n) is 2.55. The number of carbonyl (C=O) groups excluding carboxylic acids is 2. The Morgan fingerprint density at radius 2 is 1.93 bits per heavy atom. The molecule has 7 nitrogen and oxygen atoms in total. The molecule has 0 aliphatic carbocycles. The van der Waals surface area contributed by atoms with Gasteiger partial charge in [-0.2, -0.15) is 5.10 Å². The van der Waals surface area contributed by atoms with E-state index < -0.39 is 5.91 Å². The van der Waals surface area contributed by atoms with Crippen LogP contribution >= 0.6 is 43.5 Å². The molecule has 0 saturated heterocycles. The quantitative estimate of drug-likeness (QED) is 0.528. The third kappa shape index (κ3) is 4.11. The van der Waals surface area contributed by atoms with Gasteiger partial charge in [-0.05, 0) is 53.2 Å². The van der Waals surface area contributed by atoms with E-state index in [2.05, 4.69) is 52.6 Å². The molecule has 10 heteroatoms. The van der Waals surface area contributed by atoms with Crippen molar-refractivity contribution in [2.24, 2.45) is 0 Å². The Labute approximate surface area is 182 Å². The molecule has 28 heavy (non-hydrogen) atoms. The minimum atomic E-state index is -0.463. The summed E-state index contributed by atoms with van der Waals surface area (Å²) < 4.78 is 2.61. The van der Waals surface area contributed by atoms with Crippen LogP contribution in [-0.2, 0) is 0 Å². The topological polar surface area (TPSA) is 88.9 Å². The number of benzene rings is 1. The lowest BCUT2D eigenvalue weighted by molar-refractivity contribution is 0.0964. The SMILES string of the molecule is CNC(=O)c1cc(Br)cc(Br)c1NC(=O)c1cc(C)nn1-c1ncccc1Cl. The van der Waals surface area contributed by atoms with E-state index in [4.69, 9.17) is 11.6 Å². The maximum atomic E-state index is 13.0. The molecule has 0 radical (unpaired) electrons. The summed E-state index contributed by atoms with van der Waals surface area (Å²) in [5, 5.41) is 10.0.